The van der Waals surface area contributed by atoms with Crippen LogP contribution in [0.25, 0.3) is 0 Å². The van der Waals surface area contributed by atoms with Gasteiger partial charge in [-0.2, -0.15) is 0 Å². The quantitative estimate of drug-likeness (QED) is 0.368. The van der Waals surface area contributed by atoms with Crippen LogP contribution in [0, 0.1) is 11.8 Å². The molecule has 2 fully saturated rings. The van der Waals surface area contributed by atoms with Gasteiger partial charge in [-0.05, 0) is 31.7 Å². The molecule has 1 unspecified atom stereocenters. The van der Waals surface area contributed by atoms with E-state index in [2.05, 4.69) is 6.92 Å². The summed E-state index contributed by atoms with van der Waals surface area (Å²) in [6.45, 7) is 6.33. The third-order valence-corrected chi connectivity index (χ3v) is 8.78. The number of aliphatic hydroxyl groups is 1. The summed E-state index contributed by atoms with van der Waals surface area (Å²) in [5.74, 6) is -1.99. The van der Waals surface area contributed by atoms with Gasteiger partial charge in [0.2, 0.25) is 17.7 Å². The molecule has 39 heavy (non-hydrogen) atoms. The third kappa shape index (κ3) is 4.82. The second-order valence-electron chi connectivity index (χ2n) is 11.5. The minimum absolute atomic E-state index is 0.0210. The van der Waals surface area contributed by atoms with Gasteiger partial charge >= 0.3 is 0 Å². The maximum absolute atomic E-state index is 14.3. The second kappa shape index (κ2) is 11.3. The number of benzene rings is 1. The number of fused-ring (bicyclic) bond motifs is 2. The van der Waals surface area contributed by atoms with Gasteiger partial charge in [0.1, 0.15) is 11.6 Å². The van der Waals surface area contributed by atoms with Crippen molar-refractivity contribution in [3.05, 3.63) is 60.2 Å². The van der Waals surface area contributed by atoms with E-state index in [1.165, 1.54) is 0 Å². The molecule has 8 heteroatoms. The number of hydrogen-bond acceptors (Lipinski definition) is 5. The molecule has 210 valence electrons. The van der Waals surface area contributed by atoms with Gasteiger partial charge in [-0.3, -0.25) is 14.4 Å². The van der Waals surface area contributed by atoms with Crippen molar-refractivity contribution >= 4 is 17.7 Å². The SMILES string of the molecule is CCCCCN1CC=C[C@]23O[C@]4(C)C=CCN(Cc5ccccc5)C(=O)[C@@H]4[C@H]2C(=O)N(CCCCO)C3C1=O. The van der Waals surface area contributed by atoms with Crippen LogP contribution in [0.3, 0.4) is 0 Å². The third-order valence-electron chi connectivity index (χ3n) is 8.78. The highest BCUT2D eigenvalue weighted by Gasteiger charge is 2.74. The Morgan fingerprint density at radius 2 is 1.59 bits per heavy atom. The average molecular weight is 536 g/mol. The lowest BCUT2D eigenvalue weighted by atomic mass is 9.74. The Morgan fingerprint density at radius 1 is 0.872 bits per heavy atom. The Balaban J connectivity index is 1.52. The van der Waals surface area contributed by atoms with Crippen LogP contribution >= 0.6 is 0 Å². The van der Waals surface area contributed by atoms with E-state index in [4.69, 9.17) is 4.74 Å². The van der Waals surface area contributed by atoms with Crippen LogP contribution in [-0.2, 0) is 25.7 Å². The maximum atomic E-state index is 14.3. The van der Waals surface area contributed by atoms with E-state index in [0.717, 1.165) is 24.8 Å². The van der Waals surface area contributed by atoms with Crippen molar-refractivity contribution < 1.29 is 24.2 Å². The lowest BCUT2D eigenvalue weighted by Gasteiger charge is -2.37. The zero-order valence-electron chi connectivity index (χ0n) is 23.1. The number of ether oxygens (including phenoxy) is 1. The van der Waals surface area contributed by atoms with E-state index >= 15 is 0 Å². The van der Waals surface area contributed by atoms with E-state index in [-0.39, 0.29) is 24.3 Å². The predicted octanol–water partition coefficient (Wildman–Crippen LogP) is 2.92. The molecule has 1 spiro atoms. The lowest BCUT2D eigenvalue weighted by molar-refractivity contribution is -0.153. The second-order valence-corrected chi connectivity index (χ2v) is 11.5. The monoisotopic (exact) mass is 535 g/mol. The van der Waals surface area contributed by atoms with Crippen molar-refractivity contribution in [2.24, 2.45) is 11.8 Å². The summed E-state index contributed by atoms with van der Waals surface area (Å²) in [4.78, 5) is 48.0. The molecule has 5 atom stereocenters. The largest absolute Gasteiger partial charge is 0.396 e. The van der Waals surface area contributed by atoms with Gasteiger partial charge in [0.25, 0.3) is 0 Å². The highest BCUT2D eigenvalue weighted by molar-refractivity contribution is 6.00. The summed E-state index contributed by atoms with van der Waals surface area (Å²) in [6.07, 6.45) is 11.8. The van der Waals surface area contributed by atoms with Crippen LogP contribution in [0.2, 0.25) is 0 Å². The molecular formula is C31H41N3O5. The van der Waals surface area contributed by atoms with Crippen LogP contribution in [0.4, 0.5) is 0 Å². The molecule has 1 N–H and O–H groups in total. The van der Waals surface area contributed by atoms with Crippen molar-refractivity contribution in [2.45, 2.75) is 69.7 Å². The topological polar surface area (TPSA) is 90.4 Å². The van der Waals surface area contributed by atoms with Crippen molar-refractivity contribution in [3.63, 3.8) is 0 Å². The first-order valence-electron chi connectivity index (χ1n) is 14.4. The molecule has 0 aromatic heterocycles. The van der Waals surface area contributed by atoms with Crippen LogP contribution in [0.1, 0.15) is 51.5 Å². The number of carbonyl (C=O) groups is 3. The summed E-state index contributed by atoms with van der Waals surface area (Å²) in [5.41, 5.74) is -1.22. The number of nitrogens with zero attached hydrogens (tertiary/aromatic N) is 3. The summed E-state index contributed by atoms with van der Waals surface area (Å²) in [6, 6.07) is 9.01. The van der Waals surface area contributed by atoms with Crippen LogP contribution < -0.4 is 0 Å². The maximum Gasteiger partial charge on any atom is 0.249 e. The van der Waals surface area contributed by atoms with E-state index < -0.39 is 29.1 Å². The molecule has 4 aliphatic rings. The van der Waals surface area contributed by atoms with Crippen LogP contribution in [0.5, 0.6) is 0 Å². The first-order valence-corrected chi connectivity index (χ1v) is 14.4. The summed E-state index contributed by atoms with van der Waals surface area (Å²) >= 11 is 0. The molecule has 3 amide bonds. The van der Waals surface area contributed by atoms with Gasteiger partial charge in [-0.25, -0.2) is 0 Å². The molecule has 0 aliphatic carbocycles. The molecule has 4 aliphatic heterocycles. The average Bonchev–Trinajstić information content (AvgIpc) is 3.19. The van der Waals surface area contributed by atoms with Gasteiger partial charge in [0.05, 0.1) is 17.4 Å². The summed E-state index contributed by atoms with van der Waals surface area (Å²) in [5, 5.41) is 9.39. The number of rotatable bonds is 10. The van der Waals surface area contributed by atoms with Crippen LogP contribution in [-0.4, -0.2) is 87.6 Å². The highest BCUT2D eigenvalue weighted by Crippen LogP contribution is 2.57. The standard InChI is InChI=1S/C31H41N3O5/c1-3-4-8-17-32-18-12-16-31-25(28(37)34(20-9-10-21-35)26(31)29(32)38)24-27(36)33(19-11-15-30(24,2)39-31)22-23-13-6-5-7-14-23/h5-7,11-16,24-26,35H,3-4,8-10,17-22H2,1-2H3/t24-,25-,26?,30+,31-/m0/s1. The number of aliphatic hydroxyl groups excluding tert-OH is 1. The Kier molecular flexibility index (Phi) is 7.96. The Bertz CT molecular complexity index is 1140. The van der Waals surface area contributed by atoms with Crippen LogP contribution in [0.15, 0.2) is 54.6 Å². The fraction of sp³-hybridized carbons (Fsp3) is 0.581. The fourth-order valence-electron chi connectivity index (χ4n) is 6.95. The van der Waals surface area contributed by atoms with E-state index in [1.54, 1.807) is 9.80 Å². The van der Waals surface area contributed by atoms with E-state index in [1.807, 2.05) is 66.5 Å². The van der Waals surface area contributed by atoms with Crippen molar-refractivity contribution in [1.29, 1.82) is 0 Å². The first kappa shape index (κ1) is 27.6. The molecule has 0 saturated carbocycles. The molecule has 1 aromatic rings. The molecule has 0 radical (unpaired) electrons. The van der Waals surface area contributed by atoms with Gasteiger partial charge in [-0.15, -0.1) is 0 Å². The minimum Gasteiger partial charge on any atom is -0.396 e. The van der Waals surface area contributed by atoms with Crippen molar-refractivity contribution in [2.75, 3.05) is 32.8 Å². The van der Waals surface area contributed by atoms with E-state index in [0.29, 0.717) is 45.6 Å². The molecule has 5 rings (SSSR count). The van der Waals surface area contributed by atoms with Gasteiger partial charge in [-0.1, -0.05) is 74.4 Å². The number of amides is 3. The Morgan fingerprint density at radius 3 is 2.33 bits per heavy atom. The molecule has 0 bridgehead atoms. The van der Waals surface area contributed by atoms with Gasteiger partial charge in [0.15, 0.2) is 0 Å². The Labute approximate surface area is 231 Å². The molecular weight excluding hydrogens is 494 g/mol. The molecule has 4 heterocycles. The fourth-order valence-corrected chi connectivity index (χ4v) is 6.95. The number of likely N-dealkylation sites (tertiary alicyclic amines) is 1. The normalized spacial score (nSPS) is 31.8. The van der Waals surface area contributed by atoms with E-state index in [9.17, 15) is 19.5 Å². The van der Waals surface area contributed by atoms with Gasteiger partial charge < -0.3 is 24.5 Å². The van der Waals surface area contributed by atoms with Gasteiger partial charge in [0, 0.05) is 39.3 Å². The summed E-state index contributed by atoms with van der Waals surface area (Å²) < 4.78 is 6.87. The first-order chi connectivity index (χ1) is 18.9. The predicted molar refractivity (Wildman–Crippen MR) is 147 cm³/mol. The van der Waals surface area contributed by atoms with Crippen molar-refractivity contribution in [1.82, 2.24) is 14.7 Å². The zero-order chi connectivity index (χ0) is 27.6. The lowest BCUT2D eigenvalue weighted by Crippen LogP contribution is -2.56. The number of hydrogen-bond donors (Lipinski definition) is 1. The zero-order valence-corrected chi connectivity index (χ0v) is 23.1. The number of carbonyl (C=O) groups excluding carboxylic acids is 3. The molecule has 2 saturated heterocycles. The Hall–Kier alpha value is -2.97. The molecule has 1 aromatic carbocycles. The highest BCUT2D eigenvalue weighted by atomic mass is 16.5. The van der Waals surface area contributed by atoms with Crippen molar-refractivity contribution in [3.8, 4) is 0 Å². The smallest absolute Gasteiger partial charge is 0.249 e. The number of unbranched alkanes of at least 4 members (excludes halogenated alkanes) is 3. The minimum atomic E-state index is -1.22. The molecule has 8 nitrogen and oxygen atoms in total. The summed E-state index contributed by atoms with van der Waals surface area (Å²) in [7, 11) is 0.